The lowest BCUT2D eigenvalue weighted by atomic mass is 9.92. The van der Waals surface area contributed by atoms with Gasteiger partial charge in [-0.3, -0.25) is 9.89 Å². The van der Waals surface area contributed by atoms with Crippen LogP contribution in [-0.4, -0.2) is 44.1 Å². The van der Waals surface area contributed by atoms with Gasteiger partial charge in [0.05, 0.1) is 6.04 Å². The Bertz CT molecular complexity index is 822. The molecule has 138 valence electrons. The third-order valence-electron chi connectivity index (χ3n) is 5.24. The van der Waals surface area contributed by atoms with Gasteiger partial charge < -0.3 is 10.2 Å². The SMILES string of the molecule is CC(C)(C)c1cc(C(=O)N2CCC[C@H]2c2ncc3c(n2)CCNC3)n[nH]1. The van der Waals surface area contributed by atoms with E-state index in [-0.39, 0.29) is 17.4 Å². The third kappa shape index (κ3) is 3.11. The molecule has 1 atom stereocenters. The molecular weight excluding hydrogens is 328 g/mol. The zero-order chi connectivity index (χ0) is 18.3. The van der Waals surface area contributed by atoms with Crippen molar-refractivity contribution in [1.29, 1.82) is 0 Å². The van der Waals surface area contributed by atoms with Crippen molar-refractivity contribution in [1.82, 2.24) is 30.4 Å². The topological polar surface area (TPSA) is 86.8 Å². The van der Waals surface area contributed by atoms with Crippen LogP contribution >= 0.6 is 0 Å². The molecule has 1 amide bonds. The van der Waals surface area contributed by atoms with E-state index in [1.807, 2.05) is 17.2 Å². The predicted octanol–water partition coefficient (Wildman–Crippen LogP) is 2.12. The van der Waals surface area contributed by atoms with Crippen molar-refractivity contribution in [3.63, 3.8) is 0 Å². The summed E-state index contributed by atoms with van der Waals surface area (Å²) in [5.41, 5.74) is 3.66. The largest absolute Gasteiger partial charge is 0.327 e. The van der Waals surface area contributed by atoms with Gasteiger partial charge in [0.15, 0.2) is 5.82 Å². The van der Waals surface area contributed by atoms with Crippen molar-refractivity contribution in [3.8, 4) is 0 Å². The van der Waals surface area contributed by atoms with Crippen molar-refractivity contribution in [2.75, 3.05) is 13.1 Å². The number of nitrogens with one attached hydrogen (secondary N) is 2. The molecular formula is C19H26N6O. The molecule has 2 aliphatic heterocycles. The summed E-state index contributed by atoms with van der Waals surface area (Å²) in [7, 11) is 0. The summed E-state index contributed by atoms with van der Waals surface area (Å²) in [5.74, 6) is 0.727. The normalized spacial score (nSPS) is 20.3. The maximum absolute atomic E-state index is 13.0. The number of carbonyl (C=O) groups is 1. The molecule has 4 rings (SSSR count). The quantitative estimate of drug-likeness (QED) is 0.863. The highest BCUT2D eigenvalue weighted by Gasteiger charge is 2.34. The number of hydrogen-bond acceptors (Lipinski definition) is 5. The van der Waals surface area contributed by atoms with E-state index in [4.69, 9.17) is 4.98 Å². The van der Waals surface area contributed by atoms with Crippen molar-refractivity contribution in [2.45, 2.75) is 58.0 Å². The third-order valence-corrected chi connectivity index (χ3v) is 5.24. The molecule has 1 fully saturated rings. The minimum absolute atomic E-state index is 0.0396. The number of nitrogens with zero attached hydrogens (tertiary/aromatic N) is 4. The molecule has 0 aliphatic carbocycles. The zero-order valence-corrected chi connectivity index (χ0v) is 15.7. The van der Waals surface area contributed by atoms with Gasteiger partial charge in [0.1, 0.15) is 5.69 Å². The summed E-state index contributed by atoms with van der Waals surface area (Å²) in [5, 5.41) is 10.6. The summed E-state index contributed by atoms with van der Waals surface area (Å²) < 4.78 is 0. The average molecular weight is 354 g/mol. The van der Waals surface area contributed by atoms with Crippen LogP contribution in [0.25, 0.3) is 0 Å². The van der Waals surface area contributed by atoms with Crippen LogP contribution in [-0.2, 0) is 18.4 Å². The molecule has 0 saturated carbocycles. The van der Waals surface area contributed by atoms with Crippen LogP contribution < -0.4 is 5.32 Å². The van der Waals surface area contributed by atoms with Crippen LogP contribution in [0, 0.1) is 0 Å². The van der Waals surface area contributed by atoms with Gasteiger partial charge in [0.25, 0.3) is 5.91 Å². The summed E-state index contributed by atoms with van der Waals surface area (Å²) in [6.07, 6.45) is 4.70. The summed E-state index contributed by atoms with van der Waals surface area (Å²) in [6, 6.07) is 1.81. The lowest BCUT2D eigenvalue weighted by molar-refractivity contribution is 0.0723. The molecule has 7 nitrogen and oxygen atoms in total. The highest BCUT2D eigenvalue weighted by atomic mass is 16.2. The first-order valence-electron chi connectivity index (χ1n) is 9.36. The predicted molar refractivity (Wildman–Crippen MR) is 97.7 cm³/mol. The zero-order valence-electron chi connectivity index (χ0n) is 15.7. The van der Waals surface area contributed by atoms with E-state index in [1.54, 1.807) is 0 Å². The van der Waals surface area contributed by atoms with Crippen LogP contribution in [0.1, 0.15) is 72.9 Å². The molecule has 0 aromatic carbocycles. The van der Waals surface area contributed by atoms with E-state index in [1.165, 1.54) is 0 Å². The van der Waals surface area contributed by atoms with Crippen LogP contribution in [0.3, 0.4) is 0 Å². The van der Waals surface area contributed by atoms with Crippen LogP contribution in [0.5, 0.6) is 0 Å². The Morgan fingerprint density at radius 2 is 2.19 bits per heavy atom. The van der Waals surface area contributed by atoms with E-state index in [2.05, 4.69) is 41.3 Å². The van der Waals surface area contributed by atoms with Gasteiger partial charge >= 0.3 is 0 Å². The van der Waals surface area contributed by atoms with Crippen molar-refractivity contribution >= 4 is 5.91 Å². The molecule has 0 unspecified atom stereocenters. The molecule has 2 aromatic heterocycles. The molecule has 0 bridgehead atoms. The fourth-order valence-corrected chi connectivity index (χ4v) is 3.65. The Hall–Kier alpha value is -2.28. The Labute approximate surface area is 153 Å². The molecule has 0 spiro atoms. The standard InChI is InChI=1S/C19H26N6O/c1-19(2,3)16-9-14(23-24-16)18(26)25-8-4-5-15(25)17-21-11-12-10-20-7-6-13(12)22-17/h9,11,15,20H,4-8,10H2,1-3H3,(H,23,24)/t15-/m0/s1. The molecule has 26 heavy (non-hydrogen) atoms. The summed E-state index contributed by atoms with van der Waals surface area (Å²) >= 11 is 0. The summed E-state index contributed by atoms with van der Waals surface area (Å²) in [4.78, 5) is 24.3. The first-order chi connectivity index (χ1) is 12.4. The minimum atomic E-state index is -0.0639. The van der Waals surface area contributed by atoms with Crippen molar-refractivity contribution in [3.05, 3.63) is 40.7 Å². The van der Waals surface area contributed by atoms with Crippen LogP contribution in [0.2, 0.25) is 0 Å². The maximum atomic E-state index is 13.0. The number of H-pyrrole nitrogens is 1. The van der Waals surface area contributed by atoms with Crippen molar-refractivity contribution in [2.24, 2.45) is 0 Å². The van der Waals surface area contributed by atoms with Gasteiger partial charge in [-0.25, -0.2) is 9.97 Å². The van der Waals surface area contributed by atoms with Crippen molar-refractivity contribution < 1.29 is 4.79 Å². The molecule has 2 aromatic rings. The van der Waals surface area contributed by atoms with Gasteiger partial charge in [-0.2, -0.15) is 5.10 Å². The molecule has 0 radical (unpaired) electrons. The number of likely N-dealkylation sites (tertiary alicyclic amines) is 1. The first-order valence-corrected chi connectivity index (χ1v) is 9.36. The second-order valence-electron chi connectivity index (χ2n) is 8.20. The first kappa shape index (κ1) is 17.1. The van der Waals surface area contributed by atoms with E-state index in [0.717, 1.165) is 61.7 Å². The number of aromatic nitrogens is 4. The fraction of sp³-hybridized carbons (Fsp3) is 0.579. The number of rotatable bonds is 2. The Kier molecular flexibility index (Phi) is 4.26. The highest BCUT2D eigenvalue weighted by Crippen LogP contribution is 2.32. The Morgan fingerprint density at radius 1 is 1.35 bits per heavy atom. The number of hydrogen-bond donors (Lipinski definition) is 2. The smallest absolute Gasteiger partial charge is 0.274 e. The number of amides is 1. The lowest BCUT2D eigenvalue weighted by Gasteiger charge is -2.24. The molecule has 7 heteroatoms. The monoisotopic (exact) mass is 354 g/mol. The van der Waals surface area contributed by atoms with E-state index < -0.39 is 0 Å². The molecule has 1 saturated heterocycles. The molecule has 4 heterocycles. The van der Waals surface area contributed by atoms with Gasteiger partial charge in [0, 0.05) is 54.6 Å². The van der Waals surface area contributed by atoms with E-state index in [9.17, 15) is 4.79 Å². The fourth-order valence-electron chi connectivity index (χ4n) is 3.65. The molecule has 2 N–H and O–H groups in total. The Balaban J connectivity index is 1.58. The van der Waals surface area contributed by atoms with E-state index in [0.29, 0.717) is 5.69 Å². The van der Waals surface area contributed by atoms with Gasteiger partial charge in [0.2, 0.25) is 0 Å². The molecule has 2 aliphatic rings. The maximum Gasteiger partial charge on any atom is 0.274 e. The van der Waals surface area contributed by atoms with Gasteiger partial charge in [-0.15, -0.1) is 0 Å². The number of aromatic amines is 1. The van der Waals surface area contributed by atoms with Crippen LogP contribution in [0.4, 0.5) is 0 Å². The Morgan fingerprint density at radius 3 is 2.96 bits per heavy atom. The van der Waals surface area contributed by atoms with Gasteiger partial charge in [-0.05, 0) is 18.9 Å². The second-order valence-corrected chi connectivity index (χ2v) is 8.20. The highest BCUT2D eigenvalue weighted by molar-refractivity contribution is 5.92. The summed E-state index contributed by atoms with van der Waals surface area (Å²) in [6.45, 7) is 8.80. The van der Waals surface area contributed by atoms with Gasteiger partial charge in [-0.1, -0.05) is 20.8 Å². The second kappa shape index (κ2) is 6.46. The minimum Gasteiger partial charge on any atom is -0.327 e. The van der Waals surface area contributed by atoms with Crippen LogP contribution in [0.15, 0.2) is 12.3 Å². The van der Waals surface area contributed by atoms with E-state index >= 15 is 0 Å². The lowest BCUT2D eigenvalue weighted by Crippen LogP contribution is -2.32. The number of carbonyl (C=O) groups excluding carboxylic acids is 1. The number of fused-ring (bicyclic) bond motifs is 1. The average Bonchev–Trinajstić information content (AvgIpc) is 3.30.